The van der Waals surface area contributed by atoms with Crippen LogP contribution < -0.4 is 5.76 Å². The second-order valence-electron chi connectivity index (χ2n) is 6.43. The standard InChI is InChI=1S/C17H20N4O2S/c1-11(2)15-18-19-16(21(15)12-7-8-12)24-10-9-20-13-5-3-4-6-14(13)23-17(20)22/h3-6,11-12H,7-10H2,1-2H3. The number of para-hydroxylation sites is 2. The molecule has 6 nitrogen and oxygen atoms in total. The molecule has 1 fully saturated rings. The second-order valence-corrected chi connectivity index (χ2v) is 7.49. The Morgan fingerprint density at radius 2 is 2.08 bits per heavy atom. The van der Waals surface area contributed by atoms with Crippen LogP contribution in [0.15, 0.2) is 38.6 Å². The Hall–Kier alpha value is -2.02. The van der Waals surface area contributed by atoms with Crippen molar-refractivity contribution in [2.45, 2.75) is 50.4 Å². The third-order valence-electron chi connectivity index (χ3n) is 4.24. The third kappa shape index (κ3) is 2.77. The van der Waals surface area contributed by atoms with Gasteiger partial charge in [-0.3, -0.25) is 4.57 Å². The highest BCUT2D eigenvalue weighted by Crippen LogP contribution is 2.40. The Morgan fingerprint density at radius 3 is 2.83 bits per heavy atom. The Morgan fingerprint density at radius 1 is 1.29 bits per heavy atom. The topological polar surface area (TPSA) is 65.8 Å². The summed E-state index contributed by atoms with van der Waals surface area (Å²) >= 11 is 1.66. The Labute approximate surface area is 143 Å². The van der Waals surface area contributed by atoms with E-state index in [4.69, 9.17) is 4.42 Å². The SMILES string of the molecule is CC(C)c1nnc(SCCn2c(=O)oc3ccccc32)n1C1CC1. The van der Waals surface area contributed by atoms with E-state index in [0.717, 1.165) is 22.3 Å². The van der Waals surface area contributed by atoms with Crippen LogP contribution in [0.3, 0.4) is 0 Å². The predicted octanol–water partition coefficient (Wildman–Crippen LogP) is 3.44. The Kier molecular flexibility index (Phi) is 3.96. The van der Waals surface area contributed by atoms with Crippen molar-refractivity contribution in [2.24, 2.45) is 0 Å². The van der Waals surface area contributed by atoms with E-state index in [9.17, 15) is 4.79 Å². The zero-order chi connectivity index (χ0) is 16.7. The van der Waals surface area contributed by atoms with Crippen LogP contribution in [0.25, 0.3) is 11.1 Å². The summed E-state index contributed by atoms with van der Waals surface area (Å²) in [5, 5.41) is 9.69. The highest BCUT2D eigenvalue weighted by molar-refractivity contribution is 7.99. The quantitative estimate of drug-likeness (QED) is 0.641. The van der Waals surface area contributed by atoms with Crippen molar-refractivity contribution in [2.75, 3.05) is 5.75 Å². The monoisotopic (exact) mass is 344 g/mol. The molecule has 1 aromatic carbocycles. The number of hydrogen-bond acceptors (Lipinski definition) is 5. The van der Waals surface area contributed by atoms with Crippen LogP contribution in [0.1, 0.15) is 44.5 Å². The molecular weight excluding hydrogens is 324 g/mol. The lowest BCUT2D eigenvalue weighted by Crippen LogP contribution is -2.15. The van der Waals surface area contributed by atoms with Gasteiger partial charge in [0.2, 0.25) is 0 Å². The number of rotatable bonds is 6. The van der Waals surface area contributed by atoms with Crippen LogP contribution in [-0.2, 0) is 6.54 Å². The van der Waals surface area contributed by atoms with E-state index < -0.39 is 0 Å². The first-order valence-corrected chi connectivity index (χ1v) is 9.29. The molecule has 0 radical (unpaired) electrons. The van der Waals surface area contributed by atoms with Gasteiger partial charge in [-0.15, -0.1) is 10.2 Å². The van der Waals surface area contributed by atoms with Gasteiger partial charge in [-0.2, -0.15) is 0 Å². The number of aromatic nitrogens is 4. The number of aryl methyl sites for hydroxylation is 1. The Balaban J connectivity index is 1.52. The molecule has 0 aliphatic heterocycles. The summed E-state index contributed by atoms with van der Waals surface area (Å²) in [6.45, 7) is 4.89. The van der Waals surface area contributed by atoms with Crippen molar-refractivity contribution in [3.8, 4) is 0 Å². The van der Waals surface area contributed by atoms with Crippen molar-refractivity contribution in [3.63, 3.8) is 0 Å². The summed E-state index contributed by atoms with van der Waals surface area (Å²) < 4.78 is 9.24. The molecule has 24 heavy (non-hydrogen) atoms. The van der Waals surface area contributed by atoms with Gasteiger partial charge < -0.3 is 8.98 Å². The first kappa shape index (κ1) is 15.5. The number of oxazole rings is 1. The van der Waals surface area contributed by atoms with Crippen LogP contribution >= 0.6 is 11.8 Å². The van der Waals surface area contributed by atoms with Gasteiger partial charge in [0, 0.05) is 24.3 Å². The van der Waals surface area contributed by atoms with Gasteiger partial charge in [0.1, 0.15) is 5.82 Å². The molecule has 2 heterocycles. The first-order valence-electron chi connectivity index (χ1n) is 8.31. The van der Waals surface area contributed by atoms with E-state index >= 15 is 0 Å². The van der Waals surface area contributed by atoms with Crippen LogP contribution in [-0.4, -0.2) is 25.1 Å². The number of benzene rings is 1. The lowest BCUT2D eigenvalue weighted by atomic mass is 10.2. The van der Waals surface area contributed by atoms with Crippen LogP contribution in [0.2, 0.25) is 0 Å². The zero-order valence-electron chi connectivity index (χ0n) is 13.8. The van der Waals surface area contributed by atoms with Crippen molar-refractivity contribution >= 4 is 22.9 Å². The second kappa shape index (κ2) is 6.12. The van der Waals surface area contributed by atoms with E-state index in [2.05, 4.69) is 28.6 Å². The summed E-state index contributed by atoms with van der Waals surface area (Å²) in [6.07, 6.45) is 2.41. The number of hydrogen-bond donors (Lipinski definition) is 0. The summed E-state index contributed by atoms with van der Waals surface area (Å²) in [5.74, 6) is 1.88. The van der Waals surface area contributed by atoms with Gasteiger partial charge in [0.25, 0.3) is 0 Å². The molecule has 0 atom stereocenters. The summed E-state index contributed by atoms with van der Waals surface area (Å²) in [5.41, 5.74) is 1.48. The normalized spacial score (nSPS) is 14.8. The number of thioether (sulfide) groups is 1. The molecule has 0 unspecified atom stereocenters. The third-order valence-corrected chi connectivity index (χ3v) is 5.16. The minimum Gasteiger partial charge on any atom is -0.408 e. The van der Waals surface area contributed by atoms with Gasteiger partial charge >= 0.3 is 5.76 Å². The fourth-order valence-electron chi connectivity index (χ4n) is 2.91. The smallest absolute Gasteiger partial charge is 0.408 e. The molecule has 0 bridgehead atoms. The largest absolute Gasteiger partial charge is 0.419 e. The average molecular weight is 344 g/mol. The zero-order valence-corrected chi connectivity index (χ0v) is 14.6. The van der Waals surface area contributed by atoms with Gasteiger partial charge in [-0.1, -0.05) is 37.7 Å². The maximum atomic E-state index is 12.0. The van der Waals surface area contributed by atoms with Crippen molar-refractivity contribution in [1.82, 2.24) is 19.3 Å². The Bertz CT molecular complexity index is 920. The molecule has 1 saturated carbocycles. The highest BCUT2D eigenvalue weighted by Gasteiger charge is 2.30. The van der Waals surface area contributed by atoms with Gasteiger partial charge in [0.15, 0.2) is 10.7 Å². The minimum atomic E-state index is -0.302. The van der Waals surface area contributed by atoms with Crippen molar-refractivity contribution in [3.05, 3.63) is 40.6 Å². The molecular formula is C17H20N4O2S. The summed E-state index contributed by atoms with van der Waals surface area (Å²) in [7, 11) is 0. The highest BCUT2D eigenvalue weighted by atomic mass is 32.2. The molecule has 0 N–H and O–H groups in total. The number of fused-ring (bicyclic) bond motifs is 1. The molecule has 0 spiro atoms. The molecule has 4 rings (SSSR count). The van der Waals surface area contributed by atoms with Gasteiger partial charge in [0.05, 0.1) is 5.52 Å². The minimum absolute atomic E-state index is 0.302. The molecule has 2 aromatic heterocycles. The predicted molar refractivity (Wildman–Crippen MR) is 93.6 cm³/mol. The average Bonchev–Trinajstić information content (AvgIpc) is 3.23. The van der Waals surface area contributed by atoms with E-state index in [1.54, 1.807) is 16.3 Å². The van der Waals surface area contributed by atoms with E-state index in [0.29, 0.717) is 24.1 Å². The first-order chi connectivity index (χ1) is 11.6. The maximum Gasteiger partial charge on any atom is 0.419 e. The van der Waals surface area contributed by atoms with Crippen molar-refractivity contribution in [1.29, 1.82) is 0 Å². The lowest BCUT2D eigenvalue weighted by molar-refractivity contribution is 0.514. The van der Waals surface area contributed by atoms with Crippen LogP contribution in [0.5, 0.6) is 0 Å². The van der Waals surface area contributed by atoms with E-state index in [-0.39, 0.29) is 5.76 Å². The van der Waals surface area contributed by atoms with Gasteiger partial charge in [-0.05, 0) is 25.0 Å². The summed E-state index contributed by atoms with van der Waals surface area (Å²) in [4.78, 5) is 12.0. The molecule has 3 aromatic rings. The molecule has 1 aliphatic rings. The lowest BCUT2D eigenvalue weighted by Gasteiger charge is -2.10. The number of nitrogens with zero attached hydrogens (tertiary/aromatic N) is 4. The fraction of sp³-hybridized carbons (Fsp3) is 0.471. The summed E-state index contributed by atoms with van der Waals surface area (Å²) in [6, 6.07) is 8.07. The van der Waals surface area contributed by atoms with Crippen LogP contribution in [0.4, 0.5) is 0 Å². The van der Waals surface area contributed by atoms with Crippen LogP contribution in [0, 0.1) is 0 Å². The molecule has 0 saturated heterocycles. The fourth-order valence-corrected chi connectivity index (χ4v) is 3.85. The molecule has 1 aliphatic carbocycles. The van der Waals surface area contributed by atoms with E-state index in [1.165, 1.54) is 12.8 Å². The molecule has 126 valence electrons. The van der Waals surface area contributed by atoms with E-state index in [1.807, 2.05) is 24.3 Å². The van der Waals surface area contributed by atoms with Crippen molar-refractivity contribution < 1.29 is 4.42 Å². The molecule has 0 amide bonds. The maximum absolute atomic E-state index is 12.0. The molecule has 7 heteroatoms. The van der Waals surface area contributed by atoms with Gasteiger partial charge in [-0.25, -0.2) is 4.79 Å².